The van der Waals surface area contributed by atoms with E-state index < -0.39 is 0 Å². The van der Waals surface area contributed by atoms with Crippen LogP contribution in [0.25, 0.3) is 5.69 Å². The molecule has 0 radical (unpaired) electrons. The Balaban J connectivity index is 2.23. The van der Waals surface area contributed by atoms with Gasteiger partial charge in [0.15, 0.2) is 5.82 Å². The van der Waals surface area contributed by atoms with Crippen LogP contribution in [0.5, 0.6) is 5.88 Å². The Labute approximate surface area is 105 Å². The van der Waals surface area contributed by atoms with Gasteiger partial charge in [-0.2, -0.15) is 4.98 Å². The lowest BCUT2D eigenvalue weighted by molar-refractivity contribution is 0.398. The first-order valence-corrected chi connectivity index (χ1v) is 5.92. The number of fused-ring (bicyclic) bond motifs is 3. The van der Waals surface area contributed by atoms with Crippen LogP contribution >= 0.6 is 0 Å². The fraction of sp³-hybridized carbons (Fsp3) is 0.417. The van der Waals surface area contributed by atoms with Crippen LogP contribution in [0.15, 0.2) is 12.1 Å². The molecule has 0 amide bonds. The van der Waals surface area contributed by atoms with Gasteiger partial charge in [-0.25, -0.2) is 0 Å². The summed E-state index contributed by atoms with van der Waals surface area (Å²) in [6.45, 7) is 4.85. The molecular formula is C12H15N5O. The quantitative estimate of drug-likeness (QED) is 0.825. The van der Waals surface area contributed by atoms with Gasteiger partial charge in [0, 0.05) is 18.5 Å². The lowest BCUT2D eigenvalue weighted by atomic mass is 10.2. The minimum absolute atomic E-state index is 0.284. The van der Waals surface area contributed by atoms with Crippen LogP contribution < -0.4 is 10.1 Å². The Kier molecular flexibility index (Phi) is 2.43. The van der Waals surface area contributed by atoms with Crippen molar-refractivity contribution in [3.63, 3.8) is 0 Å². The van der Waals surface area contributed by atoms with Crippen molar-refractivity contribution < 1.29 is 4.74 Å². The zero-order chi connectivity index (χ0) is 12.7. The molecule has 0 bridgehead atoms. The first-order valence-electron chi connectivity index (χ1n) is 5.92. The summed E-state index contributed by atoms with van der Waals surface area (Å²) in [7, 11) is 1.61. The number of pyridine rings is 1. The number of hydrogen-bond donors (Lipinski definition) is 1. The van der Waals surface area contributed by atoms with Crippen LogP contribution in [-0.4, -0.2) is 33.4 Å². The van der Waals surface area contributed by atoms with Crippen LogP contribution in [0.4, 0.5) is 5.82 Å². The Morgan fingerprint density at radius 1 is 1.39 bits per heavy atom. The van der Waals surface area contributed by atoms with E-state index in [1.807, 2.05) is 23.6 Å². The third kappa shape index (κ3) is 1.53. The molecule has 0 spiro atoms. The maximum absolute atomic E-state index is 5.16. The number of nitrogens with zero attached hydrogens (tertiary/aromatic N) is 4. The van der Waals surface area contributed by atoms with E-state index in [0.29, 0.717) is 5.88 Å². The Hall–Kier alpha value is -2.11. The molecule has 1 aliphatic rings. The van der Waals surface area contributed by atoms with Crippen molar-refractivity contribution in [2.75, 3.05) is 19.0 Å². The van der Waals surface area contributed by atoms with Gasteiger partial charge in [0.05, 0.1) is 12.8 Å². The first kappa shape index (κ1) is 11.0. The van der Waals surface area contributed by atoms with Crippen molar-refractivity contribution in [1.82, 2.24) is 19.7 Å². The van der Waals surface area contributed by atoms with Crippen molar-refractivity contribution in [2.24, 2.45) is 0 Å². The summed E-state index contributed by atoms with van der Waals surface area (Å²) in [5.74, 6) is 3.52. The van der Waals surface area contributed by atoms with Gasteiger partial charge in [0.2, 0.25) is 5.88 Å². The standard InChI is InChI=1S/C12H15N5O/c1-7-6-13-11-9(4-5-10(14-11)18-3)17-8(2)15-16-12(7)17/h4-5,7H,6H2,1-3H3,(H,13,14). The summed E-state index contributed by atoms with van der Waals surface area (Å²) < 4.78 is 7.20. The van der Waals surface area contributed by atoms with Crippen LogP contribution in [0.3, 0.4) is 0 Å². The van der Waals surface area contributed by atoms with Gasteiger partial charge in [-0.3, -0.25) is 4.57 Å². The molecule has 18 heavy (non-hydrogen) atoms. The maximum Gasteiger partial charge on any atom is 0.215 e. The molecular weight excluding hydrogens is 230 g/mol. The second kappa shape index (κ2) is 3.97. The van der Waals surface area contributed by atoms with Gasteiger partial charge in [-0.05, 0) is 13.0 Å². The van der Waals surface area contributed by atoms with Crippen molar-refractivity contribution in [2.45, 2.75) is 19.8 Å². The SMILES string of the molecule is COc1ccc2c(n1)NCC(C)c1nnc(C)n1-2. The molecule has 2 aromatic rings. The molecule has 3 heterocycles. The summed E-state index contributed by atoms with van der Waals surface area (Å²) in [6, 6.07) is 3.83. The minimum Gasteiger partial charge on any atom is -0.481 e. The Bertz CT molecular complexity index is 592. The van der Waals surface area contributed by atoms with Crippen LogP contribution in [0, 0.1) is 6.92 Å². The van der Waals surface area contributed by atoms with Gasteiger partial charge >= 0.3 is 0 Å². The number of rotatable bonds is 1. The largest absolute Gasteiger partial charge is 0.481 e. The summed E-state index contributed by atoms with van der Waals surface area (Å²) in [4.78, 5) is 4.44. The number of methoxy groups -OCH3 is 1. The predicted octanol–water partition coefficient (Wildman–Crippen LogP) is 1.51. The van der Waals surface area contributed by atoms with Crippen molar-refractivity contribution in [3.05, 3.63) is 23.8 Å². The smallest absolute Gasteiger partial charge is 0.215 e. The molecule has 0 saturated heterocycles. The number of nitrogens with one attached hydrogen (secondary N) is 1. The summed E-state index contributed by atoms with van der Waals surface area (Å²) in [5, 5.41) is 11.7. The average Bonchev–Trinajstić information content (AvgIpc) is 2.70. The van der Waals surface area contributed by atoms with E-state index in [0.717, 1.165) is 29.7 Å². The highest BCUT2D eigenvalue weighted by atomic mass is 16.5. The predicted molar refractivity (Wildman–Crippen MR) is 67.3 cm³/mol. The van der Waals surface area contributed by atoms with Gasteiger partial charge in [0.25, 0.3) is 0 Å². The minimum atomic E-state index is 0.284. The molecule has 3 rings (SSSR count). The molecule has 2 aromatic heterocycles. The number of hydrogen-bond acceptors (Lipinski definition) is 5. The average molecular weight is 245 g/mol. The van der Waals surface area contributed by atoms with Crippen molar-refractivity contribution in [3.8, 4) is 11.6 Å². The van der Waals surface area contributed by atoms with Gasteiger partial charge in [-0.1, -0.05) is 6.92 Å². The lowest BCUT2D eigenvalue weighted by Gasteiger charge is -2.10. The highest BCUT2D eigenvalue weighted by Crippen LogP contribution is 2.29. The fourth-order valence-corrected chi connectivity index (χ4v) is 2.19. The molecule has 1 unspecified atom stereocenters. The zero-order valence-electron chi connectivity index (χ0n) is 10.6. The summed E-state index contributed by atoms with van der Waals surface area (Å²) in [5.41, 5.74) is 0.970. The van der Waals surface area contributed by atoms with Gasteiger partial charge < -0.3 is 10.1 Å². The lowest BCUT2D eigenvalue weighted by Crippen LogP contribution is -2.09. The van der Waals surface area contributed by atoms with Gasteiger partial charge in [0.1, 0.15) is 11.6 Å². The van der Waals surface area contributed by atoms with Crippen LogP contribution in [0.1, 0.15) is 24.5 Å². The topological polar surface area (TPSA) is 64.9 Å². The zero-order valence-corrected chi connectivity index (χ0v) is 10.6. The first-order chi connectivity index (χ1) is 8.70. The second-order valence-electron chi connectivity index (χ2n) is 4.44. The van der Waals surface area contributed by atoms with Crippen LogP contribution in [-0.2, 0) is 0 Å². The van der Waals surface area contributed by atoms with E-state index in [2.05, 4.69) is 27.4 Å². The maximum atomic E-state index is 5.16. The Morgan fingerprint density at radius 3 is 3.00 bits per heavy atom. The molecule has 0 aliphatic carbocycles. The molecule has 1 aliphatic heterocycles. The third-order valence-electron chi connectivity index (χ3n) is 3.16. The van der Waals surface area contributed by atoms with E-state index in [1.54, 1.807) is 7.11 Å². The highest BCUT2D eigenvalue weighted by Gasteiger charge is 2.23. The van der Waals surface area contributed by atoms with E-state index in [4.69, 9.17) is 4.74 Å². The molecule has 6 heteroatoms. The highest BCUT2D eigenvalue weighted by molar-refractivity contribution is 5.59. The number of anilines is 1. The molecule has 0 aromatic carbocycles. The van der Waals surface area contributed by atoms with E-state index >= 15 is 0 Å². The molecule has 6 nitrogen and oxygen atoms in total. The second-order valence-corrected chi connectivity index (χ2v) is 4.44. The van der Waals surface area contributed by atoms with E-state index in [-0.39, 0.29) is 5.92 Å². The van der Waals surface area contributed by atoms with Crippen LogP contribution in [0.2, 0.25) is 0 Å². The van der Waals surface area contributed by atoms with Crippen molar-refractivity contribution >= 4 is 5.82 Å². The molecule has 1 atom stereocenters. The summed E-state index contributed by atoms with van der Waals surface area (Å²) >= 11 is 0. The molecule has 0 fully saturated rings. The normalized spacial score (nSPS) is 17.4. The van der Waals surface area contributed by atoms with Gasteiger partial charge in [-0.15, -0.1) is 10.2 Å². The fourth-order valence-electron chi connectivity index (χ4n) is 2.19. The number of aryl methyl sites for hydroxylation is 1. The monoisotopic (exact) mass is 245 g/mol. The summed E-state index contributed by atoms with van der Waals surface area (Å²) in [6.07, 6.45) is 0. The molecule has 94 valence electrons. The van der Waals surface area contributed by atoms with E-state index in [1.165, 1.54) is 0 Å². The molecule has 1 N–H and O–H groups in total. The van der Waals surface area contributed by atoms with Crippen molar-refractivity contribution in [1.29, 1.82) is 0 Å². The number of aromatic nitrogens is 4. The van der Waals surface area contributed by atoms with E-state index in [9.17, 15) is 0 Å². The third-order valence-corrected chi connectivity index (χ3v) is 3.16. The Morgan fingerprint density at radius 2 is 2.22 bits per heavy atom. The number of ether oxygens (including phenoxy) is 1. The molecule has 0 saturated carbocycles.